The van der Waals surface area contributed by atoms with Crippen molar-refractivity contribution in [2.75, 3.05) is 18.4 Å². The maximum atomic E-state index is 12.2. The van der Waals surface area contributed by atoms with Crippen LogP contribution in [-0.4, -0.2) is 19.0 Å². The second-order valence-electron chi connectivity index (χ2n) is 6.65. The number of fused-ring (bicyclic) bond motifs is 1. The van der Waals surface area contributed by atoms with Crippen molar-refractivity contribution in [3.8, 4) is 0 Å². The predicted octanol–water partition coefficient (Wildman–Crippen LogP) is 3.14. The number of carbonyl (C=O) groups is 1. The van der Waals surface area contributed by atoms with Crippen LogP contribution in [0.1, 0.15) is 43.7 Å². The average molecular weight is 286 g/mol. The van der Waals surface area contributed by atoms with Gasteiger partial charge in [0.15, 0.2) is 0 Å². The van der Waals surface area contributed by atoms with Gasteiger partial charge in [0.2, 0.25) is 5.91 Å². The Bertz CT molecular complexity index is 506. The SMILES string of the molecule is CC(CC(=O)Nc1ccc2c(c1)CCC2)C1CCNCC1. The number of hydrogen-bond acceptors (Lipinski definition) is 2. The lowest BCUT2D eigenvalue weighted by molar-refractivity contribution is -0.117. The maximum Gasteiger partial charge on any atom is 0.224 e. The minimum absolute atomic E-state index is 0.166. The first-order chi connectivity index (χ1) is 10.2. The van der Waals surface area contributed by atoms with Gasteiger partial charge >= 0.3 is 0 Å². The van der Waals surface area contributed by atoms with Crippen molar-refractivity contribution in [2.24, 2.45) is 11.8 Å². The van der Waals surface area contributed by atoms with Crippen LogP contribution in [0, 0.1) is 11.8 Å². The summed E-state index contributed by atoms with van der Waals surface area (Å²) in [7, 11) is 0. The van der Waals surface area contributed by atoms with E-state index in [-0.39, 0.29) is 5.91 Å². The van der Waals surface area contributed by atoms with E-state index in [0.29, 0.717) is 18.3 Å². The summed E-state index contributed by atoms with van der Waals surface area (Å²) in [6.07, 6.45) is 6.64. The normalized spacial score (nSPS) is 20.0. The van der Waals surface area contributed by atoms with Gasteiger partial charge in [-0.05, 0) is 80.3 Å². The lowest BCUT2D eigenvalue weighted by Gasteiger charge is -2.27. The predicted molar refractivity (Wildman–Crippen MR) is 86.5 cm³/mol. The average Bonchev–Trinajstić information content (AvgIpc) is 2.95. The third-order valence-corrected chi connectivity index (χ3v) is 5.08. The molecule has 0 saturated carbocycles. The standard InChI is InChI=1S/C18H26N2O/c1-13(14-7-9-19-10-8-14)11-18(21)20-17-6-5-15-3-2-4-16(15)12-17/h5-6,12-14,19H,2-4,7-11H2,1H3,(H,20,21). The van der Waals surface area contributed by atoms with E-state index in [1.807, 2.05) is 0 Å². The van der Waals surface area contributed by atoms with Crippen LogP contribution in [0.15, 0.2) is 18.2 Å². The molecule has 0 radical (unpaired) electrons. The summed E-state index contributed by atoms with van der Waals surface area (Å²) in [5.74, 6) is 1.33. The van der Waals surface area contributed by atoms with Crippen molar-refractivity contribution in [2.45, 2.75) is 45.4 Å². The number of benzene rings is 1. The van der Waals surface area contributed by atoms with Crippen LogP contribution in [0.2, 0.25) is 0 Å². The minimum Gasteiger partial charge on any atom is -0.326 e. The first kappa shape index (κ1) is 14.6. The molecule has 1 saturated heterocycles. The van der Waals surface area contributed by atoms with E-state index in [2.05, 4.69) is 35.8 Å². The van der Waals surface area contributed by atoms with Crippen molar-refractivity contribution < 1.29 is 4.79 Å². The molecule has 1 amide bonds. The molecule has 3 nitrogen and oxygen atoms in total. The van der Waals surface area contributed by atoms with Gasteiger partial charge in [-0.15, -0.1) is 0 Å². The van der Waals surface area contributed by atoms with Gasteiger partial charge in [0.05, 0.1) is 0 Å². The lowest BCUT2D eigenvalue weighted by Crippen LogP contribution is -2.32. The fraction of sp³-hybridized carbons (Fsp3) is 0.611. The molecule has 0 spiro atoms. The Morgan fingerprint density at radius 2 is 2.05 bits per heavy atom. The Kier molecular flexibility index (Phi) is 4.59. The van der Waals surface area contributed by atoms with E-state index in [1.54, 1.807) is 0 Å². The molecule has 0 aromatic heterocycles. The summed E-state index contributed by atoms with van der Waals surface area (Å²) in [4.78, 5) is 12.2. The molecule has 3 heteroatoms. The Labute approximate surface area is 127 Å². The molecule has 1 unspecified atom stereocenters. The van der Waals surface area contributed by atoms with Crippen LogP contribution in [0.3, 0.4) is 0 Å². The van der Waals surface area contributed by atoms with Crippen LogP contribution in [0.4, 0.5) is 5.69 Å². The molecule has 2 N–H and O–H groups in total. The molecule has 1 atom stereocenters. The second-order valence-corrected chi connectivity index (χ2v) is 6.65. The van der Waals surface area contributed by atoms with E-state index in [1.165, 1.54) is 36.8 Å². The molecule has 21 heavy (non-hydrogen) atoms. The number of hydrogen-bond donors (Lipinski definition) is 2. The smallest absolute Gasteiger partial charge is 0.224 e. The Morgan fingerprint density at radius 1 is 1.29 bits per heavy atom. The fourth-order valence-corrected chi connectivity index (χ4v) is 3.73. The summed E-state index contributed by atoms with van der Waals surface area (Å²) in [6, 6.07) is 6.39. The van der Waals surface area contributed by atoms with Gasteiger partial charge in [0.25, 0.3) is 0 Å². The van der Waals surface area contributed by atoms with Gasteiger partial charge in [-0.2, -0.15) is 0 Å². The van der Waals surface area contributed by atoms with E-state index in [9.17, 15) is 4.79 Å². The lowest BCUT2D eigenvalue weighted by atomic mass is 9.84. The summed E-state index contributed by atoms with van der Waals surface area (Å²) in [6.45, 7) is 4.42. The third kappa shape index (κ3) is 3.65. The molecule has 0 bridgehead atoms. The Hall–Kier alpha value is -1.35. The summed E-state index contributed by atoms with van der Waals surface area (Å²) < 4.78 is 0. The van der Waals surface area contributed by atoms with Gasteiger partial charge in [-0.25, -0.2) is 0 Å². The highest BCUT2D eigenvalue weighted by Crippen LogP contribution is 2.27. The first-order valence-electron chi connectivity index (χ1n) is 8.35. The number of piperidine rings is 1. The van der Waals surface area contributed by atoms with Crippen LogP contribution in [0.5, 0.6) is 0 Å². The molecule has 1 aromatic rings. The van der Waals surface area contributed by atoms with E-state index >= 15 is 0 Å². The van der Waals surface area contributed by atoms with Crippen molar-refractivity contribution in [1.29, 1.82) is 0 Å². The number of carbonyl (C=O) groups excluding carboxylic acids is 1. The number of aryl methyl sites for hydroxylation is 2. The van der Waals surface area contributed by atoms with Crippen LogP contribution in [0.25, 0.3) is 0 Å². The maximum absolute atomic E-state index is 12.2. The number of rotatable bonds is 4. The van der Waals surface area contributed by atoms with Crippen LogP contribution >= 0.6 is 0 Å². The molecule has 2 aliphatic rings. The highest BCUT2D eigenvalue weighted by Gasteiger charge is 2.22. The largest absolute Gasteiger partial charge is 0.326 e. The van der Waals surface area contributed by atoms with E-state index in [4.69, 9.17) is 0 Å². The number of anilines is 1. The molecular formula is C18H26N2O. The van der Waals surface area contributed by atoms with Crippen molar-refractivity contribution in [1.82, 2.24) is 5.32 Å². The van der Waals surface area contributed by atoms with Gasteiger partial charge in [-0.1, -0.05) is 13.0 Å². The molecule has 114 valence electrons. The van der Waals surface area contributed by atoms with Crippen LogP contribution < -0.4 is 10.6 Å². The van der Waals surface area contributed by atoms with Gasteiger partial charge in [-0.3, -0.25) is 4.79 Å². The summed E-state index contributed by atoms with van der Waals surface area (Å²) in [5, 5.41) is 6.47. The molecule has 1 fully saturated rings. The highest BCUT2D eigenvalue weighted by atomic mass is 16.1. The second kappa shape index (κ2) is 6.61. The first-order valence-corrected chi connectivity index (χ1v) is 8.35. The van der Waals surface area contributed by atoms with Gasteiger partial charge in [0.1, 0.15) is 0 Å². The number of nitrogens with one attached hydrogen (secondary N) is 2. The molecule has 3 rings (SSSR count). The van der Waals surface area contributed by atoms with Gasteiger partial charge < -0.3 is 10.6 Å². The van der Waals surface area contributed by atoms with Crippen molar-refractivity contribution in [3.05, 3.63) is 29.3 Å². The van der Waals surface area contributed by atoms with Crippen molar-refractivity contribution in [3.63, 3.8) is 0 Å². The molecule has 1 aliphatic heterocycles. The zero-order chi connectivity index (χ0) is 14.7. The van der Waals surface area contributed by atoms with Crippen molar-refractivity contribution >= 4 is 11.6 Å². The fourth-order valence-electron chi connectivity index (χ4n) is 3.73. The quantitative estimate of drug-likeness (QED) is 0.893. The topological polar surface area (TPSA) is 41.1 Å². The van der Waals surface area contributed by atoms with E-state index < -0.39 is 0 Å². The van der Waals surface area contributed by atoms with Crippen LogP contribution in [-0.2, 0) is 17.6 Å². The summed E-state index contributed by atoms with van der Waals surface area (Å²) >= 11 is 0. The zero-order valence-corrected chi connectivity index (χ0v) is 13.0. The molecular weight excluding hydrogens is 260 g/mol. The van der Waals surface area contributed by atoms with E-state index in [0.717, 1.165) is 25.2 Å². The summed E-state index contributed by atoms with van der Waals surface area (Å²) in [5.41, 5.74) is 3.84. The Morgan fingerprint density at radius 3 is 2.86 bits per heavy atom. The highest BCUT2D eigenvalue weighted by molar-refractivity contribution is 5.91. The monoisotopic (exact) mass is 286 g/mol. The zero-order valence-electron chi connectivity index (χ0n) is 13.0. The minimum atomic E-state index is 0.166. The molecule has 1 aromatic carbocycles. The Balaban J connectivity index is 1.53. The molecule has 1 aliphatic carbocycles. The van der Waals surface area contributed by atoms with Gasteiger partial charge in [0, 0.05) is 12.1 Å². The molecule has 1 heterocycles. The third-order valence-electron chi connectivity index (χ3n) is 5.08. The number of amides is 1.